The van der Waals surface area contributed by atoms with Gasteiger partial charge in [-0.2, -0.15) is 13.2 Å². The first kappa shape index (κ1) is 29.5. The number of alkyl halides is 3. The van der Waals surface area contributed by atoms with Crippen LogP contribution in [0.5, 0.6) is 0 Å². The van der Waals surface area contributed by atoms with Gasteiger partial charge < -0.3 is 15.7 Å². The number of halogens is 5. The minimum Gasteiger partial charge on any atom is -0.483 e. The average Bonchev–Trinajstić information content (AvgIpc) is 1.64. The lowest BCUT2D eigenvalue weighted by atomic mass is 10.7. The van der Waals surface area contributed by atoms with Crippen LogP contribution < -0.4 is 0 Å². The molecule has 10 heteroatoms. The van der Waals surface area contributed by atoms with Gasteiger partial charge in [0.2, 0.25) is 0 Å². The summed E-state index contributed by atoms with van der Waals surface area (Å²) in [6, 6.07) is 0. The fourth-order valence-electron chi connectivity index (χ4n) is 0. The molecule has 0 aromatic carbocycles. The second kappa shape index (κ2) is 13.8. The van der Waals surface area contributed by atoms with Crippen molar-refractivity contribution in [2.45, 2.75) is 6.18 Å². The van der Waals surface area contributed by atoms with E-state index in [0.717, 1.165) is 0 Å². The second-order valence-corrected chi connectivity index (χ2v) is 0.908. The zero-order valence-corrected chi connectivity index (χ0v) is 7.37. The SMILES string of the molecule is Cl.Cl.O.O=C(O)C(F)(F)F.O=CO. The van der Waals surface area contributed by atoms with Crippen molar-refractivity contribution < 1.29 is 38.4 Å². The smallest absolute Gasteiger partial charge is 0.483 e. The molecule has 5 nitrogen and oxygen atoms in total. The van der Waals surface area contributed by atoms with Gasteiger partial charge in [0, 0.05) is 0 Å². The molecule has 0 bridgehead atoms. The predicted octanol–water partition coefficient (Wildman–Crippen LogP) is 0.353. The molecular formula is C3H7Cl2F3O5. The molecule has 0 spiro atoms. The van der Waals surface area contributed by atoms with Gasteiger partial charge in [0.05, 0.1) is 0 Å². The molecule has 13 heavy (non-hydrogen) atoms. The standard InChI is InChI=1S/C2HF3O2.CH2O2.2ClH.H2O/c3-2(4,5)1(6)7;2-1-3;;;/h(H,6,7);1H,(H,2,3);2*1H;1H2. The molecule has 0 saturated heterocycles. The number of aliphatic carboxylic acids is 1. The summed E-state index contributed by atoms with van der Waals surface area (Å²) in [6.45, 7) is -0.250. The topological polar surface area (TPSA) is 106 Å². The third kappa shape index (κ3) is 34.9. The minimum atomic E-state index is -5.08. The zero-order chi connectivity index (χ0) is 8.78. The van der Waals surface area contributed by atoms with Gasteiger partial charge in [-0.1, -0.05) is 0 Å². The first-order chi connectivity index (χ1) is 4.36. The van der Waals surface area contributed by atoms with Crippen molar-refractivity contribution in [2.24, 2.45) is 0 Å². The summed E-state index contributed by atoms with van der Waals surface area (Å²) < 4.78 is 31.7. The highest BCUT2D eigenvalue weighted by Crippen LogP contribution is 2.13. The number of carboxylic acid groups (broad SMARTS) is 2. The Balaban J connectivity index is -0.0000000320. The first-order valence-corrected chi connectivity index (χ1v) is 1.74. The van der Waals surface area contributed by atoms with Crippen LogP contribution in [0.4, 0.5) is 13.2 Å². The van der Waals surface area contributed by atoms with Gasteiger partial charge in [0.25, 0.3) is 6.47 Å². The minimum absolute atomic E-state index is 0. The number of hydrogen-bond acceptors (Lipinski definition) is 2. The summed E-state index contributed by atoms with van der Waals surface area (Å²) in [4.78, 5) is 17.3. The van der Waals surface area contributed by atoms with Crippen molar-refractivity contribution in [3.05, 3.63) is 0 Å². The number of rotatable bonds is 0. The Bertz CT molecular complexity index is 127. The normalized spacial score (nSPS) is 7.00. The number of carboxylic acids is 1. The van der Waals surface area contributed by atoms with Crippen molar-refractivity contribution in [1.29, 1.82) is 0 Å². The van der Waals surface area contributed by atoms with Crippen LogP contribution >= 0.6 is 24.8 Å². The lowest BCUT2D eigenvalue weighted by Crippen LogP contribution is -2.21. The van der Waals surface area contributed by atoms with Crippen LogP contribution in [0.2, 0.25) is 0 Å². The maximum Gasteiger partial charge on any atom is 0.490 e. The maximum atomic E-state index is 10.6. The highest BCUT2D eigenvalue weighted by atomic mass is 35.5. The molecule has 84 valence electrons. The zero-order valence-electron chi connectivity index (χ0n) is 5.74. The van der Waals surface area contributed by atoms with Gasteiger partial charge in [-0.3, -0.25) is 4.79 Å². The maximum absolute atomic E-state index is 10.6. The fraction of sp³-hybridized carbons (Fsp3) is 0.333. The van der Waals surface area contributed by atoms with Crippen molar-refractivity contribution in [3.8, 4) is 0 Å². The predicted molar refractivity (Wildman–Crippen MR) is 40.5 cm³/mol. The summed E-state index contributed by atoms with van der Waals surface area (Å²) in [7, 11) is 0. The van der Waals surface area contributed by atoms with Gasteiger partial charge >= 0.3 is 12.1 Å². The molecule has 0 unspecified atom stereocenters. The summed E-state index contributed by atoms with van der Waals surface area (Å²) in [6.07, 6.45) is -5.08. The quantitative estimate of drug-likeness (QED) is 0.605. The summed E-state index contributed by atoms with van der Waals surface area (Å²) in [5, 5.41) is 14.0. The largest absolute Gasteiger partial charge is 0.490 e. The van der Waals surface area contributed by atoms with Gasteiger partial charge in [-0.15, -0.1) is 24.8 Å². The first-order valence-electron chi connectivity index (χ1n) is 1.74. The van der Waals surface area contributed by atoms with Crippen molar-refractivity contribution in [2.75, 3.05) is 0 Å². The molecule has 0 saturated carbocycles. The van der Waals surface area contributed by atoms with Crippen LogP contribution in [0.3, 0.4) is 0 Å². The summed E-state index contributed by atoms with van der Waals surface area (Å²) in [5.74, 6) is -2.76. The third-order valence-electron chi connectivity index (χ3n) is 0.243. The van der Waals surface area contributed by atoms with E-state index < -0.39 is 12.1 Å². The van der Waals surface area contributed by atoms with Crippen molar-refractivity contribution >= 4 is 37.3 Å². The van der Waals surface area contributed by atoms with E-state index in [9.17, 15) is 13.2 Å². The molecule has 4 N–H and O–H groups in total. The summed E-state index contributed by atoms with van der Waals surface area (Å²) >= 11 is 0. The van der Waals surface area contributed by atoms with Crippen molar-refractivity contribution in [1.82, 2.24) is 0 Å². The molecule has 0 heterocycles. The van der Waals surface area contributed by atoms with Crippen LogP contribution in [-0.4, -0.2) is 34.3 Å². The Labute approximate surface area is 82.7 Å². The van der Waals surface area contributed by atoms with E-state index in [1.165, 1.54) is 0 Å². The fourth-order valence-corrected chi connectivity index (χ4v) is 0. The Morgan fingerprint density at radius 3 is 1.31 bits per heavy atom. The lowest BCUT2D eigenvalue weighted by molar-refractivity contribution is -0.192. The monoisotopic (exact) mass is 250 g/mol. The third-order valence-corrected chi connectivity index (χ3v) is 0.243. The Morgan fingerprint density at radius 1 is 1.23 bits per heavy atom. The van der Waals surface area contributed by atoms with Gasteiger partial charge in [-0.25, -0.2) is 4.79 Å². The highest BCUT2D eigenvalue weighted by molar-refractivity contribution is 5.85. The number of hydrogen-bond donors (Lipinski definition) is 2. The molecule has 0 aliphatic rings. The van der Waals surface area contributed by atoms with E-state index in [1.54, 1.807) is 0 Å². The average molecular weight is 251 g/mol. The Morgan fingerprint density at radius 2 is 1.31 bits per heavy atom. The molecule has 0 aromatic rings. The molecule has 0 atom stereocenters. The molecule has 0 aliphatic carbocycles. The van der Waals surface area contributed by atoms with Gasteiger partial charge in [0.15, 0.2) is 0 Å². The van der Waals surface area contributed by atoms with Crippen LogP contribution in [0, 0.1) is 0 Å². The molecule has 0 aromatic heterocycles. The lowest BCUT2D eigenvalue weighted by Gasteiger charge is -1.93. The summed E-state index contributed by atoms with van der Waals surface area (Å²) in [5.41, 5.74) is 0. The second-order valence-electron chi connectivity index (χ2n) is 0.908. The molecule has 0 amide bonds. The van der Waals surface area contributed by atoms with E-state index in [4.69, 9.17) is 19.8 Å². The molecule has 0 rings (SSSR count). The van der Waals surface area contributed by atoms with Crippen LogP contribution in [0.1, 0.15) is 0 Å². The van der Waals surface area contributed by atoms with Crippen molar-refractivity contribution in [3.63, 3.8) is 0 Å². The Hall–Kier alpha value is -0.730. The molecule has 0 fully saturated rings. The van der Waals surface area contributed by atoms with E-state index in [0.29, 0.717) is 0 Å². The van der Waals surface area contributed by atoms with Gasteiger partial charge in [-0.05, 0) is 0 Å². The van der Waals surface area contributed by atoms with E-state index in [1.807, 2.05) is 0 Å². The van der Waals surface area contributed by atoms with E-state index in [2.05, 4.69) is 0 Å². The molecule has 0 aliphatic heterocycles. The van der Waals surface area contributed by atoms with Crippen LogP contribution in [0.25, 0.3) is 0 Å². The van der Waals surface area contributed by atoms with Crippen LogP contribution in [-0.2, 0) is 9.59 Å². The molecular weight excluding hydrogens is 244 g/mol. The highest BCUT2D eigenvalue weighted by Gasteiger charge is 2.38. The Kier molecular flexibility index (Phi) is 31.4. The van der Waals surface area contributed by atoms with Crippen LogP contribution in [0.15, 0.2) is 0 Å². The molecule has 0 radical (unpaired) electrons. The van der Waals surface area contributed by atoms with Gasteiger partial charge in [0.1, 0.15) is 0 Å². The number of carbonyl (C=O) groups is 2. The van der Waals surface area contributed by atoms with E-state index >= 15 is 0 Å². The van der Waals surface area contributed by atoms with E-state index in [-0.39, 0.29) is 36.8 Å².